The first-order valence-corrected chi connectivity index (χ1v) is 5.70. The fourth-order valence-corrected chi connectivity index (χ4v) is 1.80. The van der Waals surface area contributed by atoms with Crippen LogP contribution in [0.3, 0.4) is 0 Å². The van der Waals surface area contributed by atoms with Gasteiger partial charge in [0.1, 0.15) is 11.5 Å². The second-order valence-corrected chi connectivity index (χ2v) is 4.53. The highest BCUT2D eigenvalue weighted by molar-refractivity contribution is 9.10. The highest BCUT2D eigenvalue weighted by atomic mass is 79.9. The fraction of sp³-hybridized carbons (Fsp3) is 0.0769. The summed E-state index contributed by atoms with van der Waals surface area (Å²) in [6.45, 7) is 0. The molecule has 2 aromatic carbocycles. The Labute approximate surface area is 102 Å². The Morgan fingerprint density at radius 1 is 0.938 bits per heavy atom. The topological polar surface area (TPSA) is 40.5 Å². The van der Waals surface area contributed by atoms with Crippen LogP contribution < -0.4 is 0 Å². The van der Waals surface area contributed by atoms with Crippen molar-refractivity contribution in [2.24, 2.45) is 0 Å². The molecule has 0 aromatic heterocycles. The van der Waals surface area contributed by atoms with Gasteiger partial charge in [-0.1, -0.05) is 28.1 Å². The van der Waals surface area contributed by atoms with E-state index in [1.807, 2.05) is 24.3 Å². The first-order valence-electron chi connectivity index (χ1n) is 4.90. The molecule has 0 saturated heterocycles. The van der Waals surface area contributed by atoms with Crippen molar-refractivity contribution in [3.63, 3.8) is 0 Å². The molecule has 0 aliphatic heterocycles. The normalized spacial score (nSPS) is 10.3. The van der Waals surface area contributed by atoms with Gasteiger partial charge in [-0.3, -0.25) is 0 Å². The van der Waals surface area contributed by atoms with Crippen LogP contribution >= 0.6 is 15.9 Å². The Morgan fingerprint density at radius 3 is 2.31 bits per heavy atom. The van der Waals surface area contributed by atoms with E-state index in [9.17, 15) is 10.2 Å². The molecule has 2 rings (SSSR count). The molecule has 0 unspecified atom stereocenters. The zero-order valence-electron chi connectivity index (χ0n) is 8.52. The molecule has 0 aliphatic carbocycles. The van der Waals surface area contributed by atoms with Gasteiger partial charge >= 0.3 is 0 Å². The quantitative estimate of drug-likeness (QED) is 0.826. The minimum absolute atomic E-state index is 0.171. The summed E-state index contributed by atoms with van der Waals surface area (Å²) < 4.78 is 1.02. The highest BCUT2D eigenvalue weighted by Gasteiger charge is 2.03. The lowest BCUT2D eigenvalue weighted by Gasteiger charge is -2.05. The average Bonchev–Trinajstić information content (AvgIpc) is 2.27. The van der Waals surface area contributed by atoms with Crippen molar-refractivity contribution in [1.29, 1.82) is 0 Å². The van der Waals surface area contributed by atoms with Crippen molar-refractivity contribution in [3.05, 3.63) is 58.1 Å². The van der Waals surface area contributed by atoms with Gasteiger partial charge in [0.05, 0.1) is 0 Å². The highest BCUT2D eigenvalue weighted by Crippen LogP contribution is 2.25. The maximum atomic E-state index is 9.63. The number of rotatable bonds is 2. The van der Waals surface area contributed by atoms with Gasteiger partial charge < -0.3 is 10.2 Å². The van der Waals surface area contributed by atoms with Crippen LogP contribution in [0.5, 0.6) is 11.5 Å². The van der Waals surface area contributed by atoms with Gasteiger partial charge in [-0.15, -0.1) is 0 Å². The number of aromatic hydroxyl groups is 2. The van der Waals surface area contributed by atoms with Crippen molar-refractivity contribution in [3.8, 4) is 11.5 Å². The van der Waals surface area contributed by atoms with E-state index in [0.29, 0.717) is 6.42 Å². The van der Waals surface area contributed by atoms with Crippen LogP contribution in [0, 0.1) is 0 Å². The molecule has 2 N–H and O–H groups in total. The van der Waals surface area contributed by atoms with Crippen molar-refractivity contribution in [2.45, 2.75) is 6.42 Å². The Balaban J connectivity index is 2.26. The SMILES string of the molecule is Oc1ccc(O)c(Cc2ccc(Br)cc2)c1. The largest absolute Gasteiger partial charge is 0.508 e. The second kappa shape index (κ2) is 4.58. The van der Waals surface area contributed by atoms with Crippen molar-refractivity contribution in [1.82, 2.24) is 0 Å². The van der Waals surface area contributed by atoms with Crippen molar-refractivity contribution >= 4 is 15.9 Å². The average molecular weight is 279 g/mol. The maximum Gasteiger partial charge on any atom is 0.119 e. The third-order valence-electron chi connectivity index (χ3n) is 2.37. The third-order valence-corrected chi connectivity index (χ3v) is 2.90. The summed E-state index contributed by atoms with van der Waals surface area (Å²) in [6.07, 6.45) is 0.605. The molecule has 2 nitrogen and oxygen atoms in total. The van der Waals surface area contributed by atoms with E-state index < -0.39 is 0 Å². The molecule has 2 aromatic rings. The van der Waals surface area contributed by atoms with Crippen LogP contribution in [-0.4, -0.2) is 10.2 Å². The first-order chi connectivity index (χ1) is 7.65. The number of benzene rings is 2. The standard InChI is InChI=1S/C13H11BrO2/c14-11-3-1-9(2-4-11)7-10-8-12(15)5-6-13(10)16/h1-6,8,15-16H,7H2. The van der Waals surface area contributed by atoms with Gasteiger partial charge in [0.15, 0.2) is 0 Å². The van der Waals surface area contributed by atoms with Gasteiger partial charge in [-0.25, -0.2) is 0 Å². The fourth-order valence-electron chi connectivity index (χ4n) is 1.54. The lowest BCUT2D eigenvalue weighted by atomic mass is 10.0. The summed E-state index contributed by atoms with van der Waals surface area (Å²) >= 11 is 3.37. The molecule has 0 aliphatic rings. The molecular weight excluding hydrogens is 268 g/mol. The Bertz CT molecular complexity index is 492. The summed E-state index contributed by atoms with van der Waals surface area (Å²) in [6, 6.07) is 12.4. The van der Waals surface area contributed by atoms with E-state index in [4.69, 9.17) is 0 Å². The molecule has 0 spiro atoms. The molecule has 82 valence electrons. The number of hydrogen-bond acceptors (Lipinski definition) is 2. The molecule has 3 heteroatoms. The van der Waals surface area contributed by atoms with Crippen LogP contribution in [0.1, 0.15) is 11.1 Å². The van der Waals surface area contributed by atoms with E-state index in [0.717, 1.165) is 15.6 Å². The van der Waals surface area contributed by atoms with Crippen LogP contribution in [0.4, 0.5) is 0 Å². The Kier molecular flexibility index (Phi) is 3.15. The lowest BCUT2D eigenvalue weighted by molar-refractivity contribution is 0.455. The number of phenols is 2. The lowest BCUT2D eigenvalue weighted by Crippen LogP contribution is -1.88. The zero-order valence-corrected chi connectivity index (χ0v) is 10.1. The predicted octanol–water partition coefficient (Wildman–Crippen LogP) is 3.45. The second-order valence-electron chi connectivity index (χ2n) is 3.62. The molecule has 16 heavy (non-hydrogen) atoms. The summed E-state index contributed by atoms with van der Waals surface area (Å²) in [5, 5.41) is 19.0. The van der Waals surface area contributed by atoms with Crippen LogP contribution in [0.2, 0.25) is 0 Å². The number of phenolic OH excluding ortho intramolecular Hbond substituents is 2. The van der Waals surface area contributed by atoms with Crippen molar-refractivity contribution in [2.75, 3.05) is 0 Å². The van der Waals surface area contributed by atoms with Crippen LogP contribution in [0.25, 0.3) is 0 Å². The van der Waals surface area contributed by atoms with E-state index in [1.165, 1.54) is 12.1 Å². The number of halogens is 1. The monoisotopic (exact) mass is 278 g/mol. The predicted molar refractivity (Wildman–Crippen MR) is 66.7 cm³/mol. The van der Waals surface area contributed by atoms with Gasteiger partial charge in [0.25, 0.3) is 0 Å². The smallest absolute Gasteiger partial charge is 0.119 e. The molecule has 0 atom stereocenters. The third kappa shape index (κ3) is 2.55. The summed E-state index contributed by atoms with van der Waals surface area (Å²) in [7, 11) is 0. The minimum Gasteiger partial charge on any atom is -0.508 e. The summed E-state index contributed by atoms with van der Waals surface area (Å²) in [5.41, 5.74) is 1.81. The van der Waals surface area contributed by atoms with Gasteiger partial charge in [0.2, 0.25) is 0 Å². The molecule has 0 bridgehead atoms. The van der Waals surface area contributed by atoms with Gasteiger partial charge in [-0.2, -0.15) is 0 Å². The Morgan fingerprint density at radius 2 is 1.62 bits per heavy atom. The van der Waals surface area contributed by atoms with E-state index >= 15 is 0 Å². The van der Waals surface area contributed by atoms with Crippen LogP contribution in [-0.2, 0) is 6.42 Å². The molecule has 0 heterocycles. The Hall–Kier alpha value is -1.48. The molecule has 0 radical (unpaired) electrons. The molecule has 0 saturated carbocycles. The zero-order chi connectivity index (χ0) is 11.5. The van der Waals surface area contributed by atoms with Gasteiger partial charge in [0, 0.05) is 16.5 Å². The van der Waals surface area contributed by atoms with Crippen LogP contribution in [0.15, 0.2) is 46.9 Å². The van der Waals surface area contributed by atoms with Gasteiger partial charge in [-0.05, 0) is 35.9 Å². The molecule has 0 fully saturated rings. The minimum atomic E-state index is 0.171. The van der Waals surface area contributed by atoms with Crippen molar-refractivity contribution < 1.29 is 10.2 Å². The summed E-state index contributed by atoms with van der Waals surface area (Å²) in [5.74, 6) is 0.380. The first kappa shape index (κ1) is 11.0. The maximum absolute atomic E-state index is 9.63. The number of hydrogen-bond donors (Lipinski definition) is 2. The van der Waals surface area contributed by atoms with E-state index in [1.54, 1.807) is 6.07 Å². The van der Waals surface area contributed by atoms with E-state index in [2.05, 4.69) is 15.9 Å². The molecule has 0 amide bonds. The summed E-state index contributed by atoms with van der Waals surface area (Å²) in [4.78, 5) is 0. The van der Waals surface area contributed by atoms with E-state index in [-0.39, 0.29) is 11.5 Å². The molecular formula is C13H11BrO2.